The van der Waals surface area contributed by atoms with Crippen LogP contribution in [0, 0.1) is 0 Å². The molecule has 0 radical (unpaired) electrons. The van der Waals surface area contributed by atoms with E-state index in [4.69, 9.17) is 16.3 Å². The zero-order valence-corrected chi connectivity index (χ0v) is 21.7. The molecule has 3 rings (SSSR count). The van der Waals surface area contributed by atoms with Gasteiger partial charge in [-0.15, -0.1) is 12.4 Å². The molecule has 0 spiro atoms. The van der Waals surface area contributed by atoms with Crippen molar-refractivity contribution in [2.45, 2.75) is 31.9 Å². The van der Waals surface area contributed by atoms with E-state index >= 15 is 0 Å². The summed E-state index contributed by atoms with van der Waals surface area (Å²) in [6, 6.07) is 25.7. The van der Waals surface area contributed by atoms with Crippen molar-refractivity contribution in [2.24, 2.45) is 0 Å². The van der Waals surface area contributed by atoms with Crippen LogP contribution in [0.4, 0.5) is 0 Å². The third-order valence-corrected chi connectivity index (χ3v) is 6.07. The SMILES string of the molecule is COC(=O)COc1ccc(CC(C)N(CCc2ccccc2)CC(O)c2cccc(Cl)c2)cc1.Cl. The van der Waals surface area contributed by atoms with E-state index in [-0.39, 0.29) is 25.1 Å². The maximum Gasteiger partial charge on any atom is 0.343 e. The van der Waals surface area contributed by atoms with Gasteiger partial charge < -0.3 is 14.6 Å². The summed E-state index contributed by atoms with van der Waals surface area (Å²) < 4.78 is 10.0. The molecule has 0 bridgehead atoms. The van der Waals surface area contributed by atoms with Crippen molar-refractivity contribution in [3.05, 3.63) is 101 Å². The van der Waals surface area contributed by atoms with Gasteiger partial charge in [-0.2, -0.15) is 0 Å². The Hall–Kier alpha value is -2.57. The van der Waals surface area contributed by atoms with Crippen molar-refractivity contribution in [2.75, 3.05) is 26.8 Å². The minimum atomic E-state index is -0.633. The second kappa shape index (κ2) is 14.7. The quantitative estimate of drug-likeness (QED) is 0.320. The Morgan fingerprint density at radius 3 is 2.37 bits per heavy atom. The first kappa shape index (κ1) is 28.7. The number of carbonyl (C=O) groups excluding carboxylic acids is 1. The Balaban J connectivity index is 0.00000432. The average molecular weight is 518 g/mol. The van der Waals surface area contributed by atoms with Crippen molar-refractivity contribution in [1.82, 2.24) is 4.90 Å². The first-order valence-corrected chi connectivity index (χ1v) is 11.8. The third-order valence-electron chi connectivity index (χ3n) is 5.83. The fourth-order valence-electron chi connectivity index (χ4n) is 3.84. The highest BCUT2D eigenvalue weighted by Gasteiger charge is 2.19. The first-order chi connectivity index (χ1) is 16.4. The zero-order valence-electron chi connectivity index (χ0n) is 20.1. The molecule has 2 atom stereocenters. The van der Waals surface area contributed by atoms with Crippen LogP contribution in [0.1, 0.15) is 29.7 Å². The van der Waals surface area contributed by atoms with Crippen LogP contribution < -0.4 is 4.74 Å². The van der Waals surface area contributed by atoms with E-state index in [0.717, 1.165) is 30.5 Å². The van der Waals surface area contributed by atoms with Crippen LogP contribution in [0.3, 0.4) is 0 Å². The topological polar surface area (TPSA) is 59.0 Å². The van der Waals surface area contributed by atoms with Crippen LogP contribution >= 0.6 is 24.0 Å². The van der Waals surface area contributed by atoms with Gasteiger partial charge in [0.2, 0.25) is 0 Å². The summed E-state index contributed by atoms with van der Waals surface area (Å²) in [6.45, 7) is 3.40. The van der Waals surface area contributed by atoms with Crippen molar-refractivity contribution in [3.8, 4) is 5.75 Å². The Morgan fingerprint density at radius 1 is 1.00 bits per heavy atom. The van der Waals surface area contributed by atoms with Gasteiger partial charge in [0.1, 0.15) is 5.75 Å². The monoisotopic (exact) mass is 517 g/mol. The Kier molecular flexibility index (Phi) is 12.1. The highest BCUT2D eigenvalue weighted by Crippen LogP contribution is 2.21. The van der Waals surface area contributed by atoms with Crippen molar-refractivity contribution >= 4 is 30.0 Å². The lowest BCUT2D eigenvalue weighted by Crippen LogP contribution is -2.39. The summed E-state index contributed by atoms with van der Waals surface area (Å²) in [4.78, 5) is 13.6. The van der Waals surface area contributed by atoms with Gasteiger partial charge in [0.05, 0.1) is 13.2 Å². The number of hydrogen-bond acceptors (Lipinski definition) is 5. The standard InChI is InChI=1S/C28H32ClNO4.ClH/c1-21(17-23-11-13-26(14-12-23)34-20-28(32)33-2)30(16-15-22-7-4-3-5-8-22)19-27(31)24-9-6-10-25(29)18-24;/h3-14,18,21,27,31H,15-17,19-20H2,1-2H3;1H. The molecule has 2 unspecified atom stereocenters. The van der Waals surface area contributed by atoms with Crippen LogP contribution in [0.2, 0.25) is 5.02 Å². The van der Waals surface area contributed by atoms with Crippen LogP contribution in [0.5, 0.6) is 5.75 Å². The average Bonchev–Trinajstić information content (AvgIpc) is 2.86. The first-order valence-electron chi connectivity index (χ1n) is 11.4. The van der Waals surface area contributed by atoms with Crippen LogP contribution in [0.25, 0.3) is 0 Å². The highest BCUT2D eigenvalue weighted by molar-refractivity contribution is 6.30. The van der Waals surface area contributed by atoms with E-state index in [9.17, 15) is 9.90 Å². The molecule has 0 aliphatic carbocycles. The van der Waals surface area contributed by atoms with Crippen LogP contribution in [0.15, 0.2) is 78.9 Å². The number of methoxy groups -OCH3 is 1. The molecule has 0 saturated heterocycles. The zero-order chi connectivity index (χ0) is 24.3. The number of rotatable bonds is 12. The van der Waals surface area contributed by atoms with E-state index in [1.165, 1.54) is 12.7 Å². The molecule has 0 amide bonds. The van der Waals surface area contributed by atoms with Crippen LogP contribution in [-0.4, -0.2) is 48.8 Å². The number of aliphatic hydroxyl groups excluding tert-OH is 1. The number of benzene rings is 3. The molecular weight excluding hydrogens is 485 g/mol. The molecule has 0 aromatic heterocycles. The molecule has 0 heterocycles. The van der Waals surface area contributed by atoms with E-state index in [2.05, 4.69) is 28.7 Å². The number of halogens is 2. The number of carbonyl (C=O) groups is 1. The van der Waals surface area contributed by atoms with Gasteiger partial charge in [0, 0.05) is 24.2 Å². The maximum absolute atomic E-state index is 11.3. The molecule has 3 aromatic carbocycles. The van der Waals surface area contributed by atoms with E-state index in [0.29, 0.717) is 17.3 Å². The van der Waals surface area contributed by atoms with E-state index in [1.54, 1.807) is 0 Å². The van der Waals surface area contributed by atoms with Gasteiger partial charge in [-0.25, -0.2) is 4.79 Å². The van der Waals surface area contributed by atoms with Crippen LogP contribution in [-0.2, 0) is 22.4 Å². The fourth-order valence-corrected chi connectivity index (χ4v) is 4.04. The molecule has 1 N–H and O–H groups in total. The summed E-state index contributed by atoms with van der Waals surface area (Å²) in [5, 5.41) is 11.6. The van der Waals surface area contributed by atoms with Crippen molar-refractivity contribution in [1.29, 1.82) is 0 Å². The van der Waals surface area contributed by atoms with Crippen molar-refractivity contribution < 1.29 is 19.4 Å². The largest absolute Gasteiger partial charge is 0.482 e. The van der Waals surface area contributed by atoms with Gasteiger partial charge >= 0.3 is 5.97 Å². The molecule has 0 aliphatic rings. The number of hydrogen-bond donors (Lipinski definition) is 1. The second-order valence-corrected chi connectivity index (χ2v) is 8.80. The molecule has 0 saturated carbocycles. The maximum atomic E-state index is 11.3. The predicted molar refractivity (Wildman–Crippen MR) is 142 cm³/mol. The summed E-state index contributed by atoms with van der Waals surface area (Å²) in [5.74, 6) is 0.212. The van der Waals surface area contributed by atoms with Gasteiger partial charge in [-0.1, -0.05) is 66.2 Å². The van der Waals surface area contributed by atoms with Gasteiger partial charge in [-0.05, 0) is 60.7 Å². The second-order valence-electron chi connectivity index (χ2n) is 8.36. The lowest BCUT2D eigenvalue weighted by molar-refractivity contribution is -0.142. The Bertz CT molecular complexity index is 1030. The number of nitrogens with zero attached hydrogens (tertiary/aromatic N) is 1. The Morgan fingerprint density at radius 2 is 1.71 bits per heavy atom. The smallest absolute Gasteiger partial charge is 0.343 e. The number of ether oxygens (including phenoxy) is 2. The van der Waals surface area contributed by atoms with E-state index in [1.807, 2.05) is 66.7 Å². The minimum absolute atomic E-state index is 0. The number of esters is 1. The highest BCUT2D eigenvalue weighted by atomic mass is 35.5. The predicted octanol–water partition coefficient (Wildman–Crippen LogP) is 5.52. The lowest BCUT2D eigenvalue weighted by atomic mass is 10.0. The molecule has 5 nitrogen and oxygen atoms in total. The normalized spacial score (nSPS) is 12.5. The molecular formula is C28H33Cl2NO4. The summed E-state index contributed by atoms with van der Waals surface area (Å²) >= 11 is 6.14. The molecule has 35 heavy (non-hydrogen) atoms. The summed E-state index contributed by atoms with van der Waals surface area (Å²) in [7, 11) is 1.34. The summed E-state index contributed by atoms with van der Waals surface area (Å²) in [6.07, 6.45) is 1.08. The minimum Gasteiger partial charge on any atom is -0.482 e. The molecule has 7 heteroatoms. The van der Waals surface area contributed by atoms with E-state index < -0.39 is 12.1 Å². The van der Waals surface area contributed by atoms with Crippen molar-refractivity contribution in [3.63, 3.8) is 0 Å². The number of aliphatic hydroxyl groups is 1. The lowest BCUT2D eigenvalue weighted by Gasteiger charge is -2.31. The Labute approximate surface area is 219 Å². The summed E-state index contributed by atoms with van der Waals surface area (Å²) in [5.41, 5.74) is 3.24. The molecule has 3 aromatic rings. The fraction of sp³-hybridized carbons (Fsp3) is 0.321. The van der Waals surface area contributed by atoms with Gasteiger partial charge in [0.25, 0.3) is 0 Å². The van der Waals surface area contributed by atoms with Gasteiger partial charge in [0.15, 0.2) is 6.61 Å². The van der Waals surface area contributed by atoms with Gasteiger partial charge in [-0.3, -0.25) is 4.90 Å². The molecule has 188 valence electrons. The molecule has 0 fully saturated rings. The third kappa shape index (κ3) is 9.54. The molecule has 0 aliphatic heterocycles.